The lowest BCUT2D eigenvalue weighted by atomic mass is 10.2. The standard InChI is InChI=1S/C25H22N6O4/c1-15-12-16(29-25(32)30-17-6-8-21-22(13-17)34-14-33-21)5-7-20(15)35-23-18(4-3-10-27-23)19-9-11-28-24(26-2)31-19/h3-13H,14H2,1-2H3,(H,26,28,31)(H2,29,30,32). The molecule has 0 fully saturated rings. The first-order chi connectivity index (χ1) is 17.1. The van der Waals surface area contributed by atoms with Crippen molar-refractivity contribution >= 4 is 23.4 Å². The molecule has 2 aromatic carbocycles. The van der Waals surface area contributed by atoms with E-state index in [-0.39, 0.29) is 12.8 Å². The maximum absolute atomic E-state index is 12.5. The van der Waals surface area contributed by atoms with Gasteiger partial charge < -0.3 is 30.2 Å². The van der Waals surface area contributed by atoms with Crippen molar-refractivity contribution < 1.29 is 19.0 Å². The zero-order chi connectivity index (χ0) is 24.2. The van der Waals surface area contributed by atoms with Gasteiger partial charge >= 0.3 is 6.03 Å². The molecule has 0 aliphatic carbocycles. The largest absolute Gasteiger partial charge is 0.454 e. The first-order valence-corrected chi connectivity index (χ1v) is 10.8. The van der Waals surface area contributed by atoms with Gasteiger partial charge in [-0.3, -0.25) is 0 Å². The van der Waals surface area contributed by atoms with Crippen LogP contribution in [0.15, 0.2) is 67.0 Å². The van der Waals surface area contributed by atoms with Gasteiger partial charge in [-0.1, -0.05) is 0 Å². The van der Waals surface area contributed by atoms with E-state index in [1.807, 2.05) is 25.1 Å². The summed E-state index contributed by atoms with van der Waals surface area (Å²) >= 11 is 0. The van der Waals surface area contributed by atoms with Crippen LogP contribution in [0.4, 0.5) is 22.1 Å². The van der Waals surface area contributed by atoms with Crippen LogP contribution in [0.1, 0.15) is 5.56 Å². The molecule has 1 aliphatic rings. The first-order valence-electron chi connectivity index (χ1n) is 10.8. The van der Waals surface area contributed by atoms with Crippen LogP contribution in [0, 0.1) is 6.92 Å². The summed E-state index contributed by atoms with van der Waals surface area (Å²) in [4.78, 5) is 25.5. The third-order valence-electron chi connectivity index (χ3n) is 5.20. The molecule has 3 N–H and O–H groups in total. The molecule has 0 unspecified atom stereocenters. The molecule has 1 aliphatic heterocycles. The lowest BCUT2D eigenvalue weighted by Gasteiger charge is -2.13. The molecule has 10 heteroatoms. The Morgan fingerprint density at radius 3 is 2.57 bits per heavy atom. The lowest BCUT2D eigenvalue weighted by Crippen LogP contribution is -2.19. The van der Waals surface area contributed by atoms with Crippen LogP contribution in [0.2, 0.25) is 0 Å². The van der Waals surface area contributed by atoms with E-state index < -0.39 is 0 Å². The highest BCUT2D eigenvalue weighted by molar-refractivity contribution is 6.00. The minimum Gasteiger partial charge on any atom is -0.454 e. The third kappa shape index (κ3) is 4.91. The Morgan fingerprint density at radius 2 is 1.74 bits per heavy atom. The first kappa shape index (κ1) is 22.0. The van der Waals surface area contributed by atoms with Crippen molar-refractivity contribution in [2.45, 2.75) is 6.92 Å². The van der Waals surface area contributed by atoms with E-state index in [1.165, 1.54) is 0 Å². The number of carbonyl (C=O) groups is 1. The van der Waals surface area contributed by atoms with Crippen molar-refractivity contribution in [1.82, 2.24) is 15.0 Å². The highest BCUT2D eigenvalue weighted by Gasteiger charge is 2.15. The highest BCUT2D eigenvalue weighted by atomic mass is 16.7. The number of nitrogens with one attached hydrogen (secondary N) is 3. The van der Waals surface area contributed by atoms with Gasteiger partial charge in [0.15, 0.2) is 11.5 Å². The minimum atomic E-state index is -0.381. The molecule has 0 atom stereocenters. The second-order valence-corrected chi connectivity index (χ2v) is 7.60. The van der Waals surface area contributed by atoms with Gasteiger partial charge in [0.25, 0.3) is 0 Å². The number of aromatic nitrogens is 3. The summed E-state index contributed by atoms with van der Waals surface area (Å²) in [6, 6.07) is 15.7. The predicted octanol–water partition coefficient (Wildman–Crippen LogP) is 5.05. The van der Waals surface area contributed by atoms with E-state index >= 15 is 0 Å². The molecule has 2 amide bonds. The SMILES string of the molecule is CNc1nccc(-c2cccnc2Oc2ccc(NC(=O)Nc3ccc4c(c3)OCO4)cc2C)n1. The number of nitrogens with zero attached hydrogens (tertiary/aromatic N) is 3. The molecule has 0 spiro atoms. The van der Waals surface area contributed by atoms with Crippen LogP contribution in [-0.4, -0.2) is 34.8 Å². The average Bonchev–Trinajstić information content (AvgIpc) is 3.34. The number of urea groups is 1. The van der Waals surface area contributed by atoms with Crippen LogP contribution in [0.25, 0.3) is 11.3 Å². The fourth-order valence-corrected chi connectivity index (χ4v) is 3.51. The Hall–Kier alpha value is -4.86. The number of hydrogen-bond donors (Lipinski definition) is 3. The summed E-state index contributed by atoms with van der Waals surface area (Å²) < 4.78 is 16.8. The van der Waals surface area contributed by atoms with Crippen molar-refractivity contribution in [3.05, 3.63) is 72.6 Å². The second-order valence-electron chi connectivity index (χ2n) is 7.60. The van der Waals surface area contributed by atoms with E-state index in [2.05, 4.69) is 30.9 Å². The Kier molecular flexibility index (Phi) is 6.00. The molecule has 0 bridgehead atoms. The van der Waals surface area contributed by atoms with Crippen molar-refractivity contribution in [1.29, 1.82) is 0 Å². The van der Waals surface area contributed by atoms with Gasteiger partial charge in [-0.15, -0.1) is 0 Å². The fourth-order valence-electron chi connectivity index (χ4n) is 3.51. The molecule has 0 saturated carbocycles. The number of anilines is 3. The number of fused-ring (bicyclic) bond motifs is 1. The Balaban J connectivity index is 1.29. The molecule has 5 rings (SSSR count). The fraction of sp³-hybridized carbons (Fsp3) is 0.120. The van der Waals surface area contributed by atoms with Crippen molar-refractivity contribution in [2.75, 3.05) is 29.8 Å². The number of hydrogen-bond acceptors (Lipinski definition) is 8. The van der Waals surface area contributed by atoms with Crippen LogP contribution in [0.3, 0.4) is 0 Å². The zero-order valence-corrected chi connectivity index (χ0v) is 19.0. The topological polar surface area (TPSA) is 120 Å². The number of ether oxygens (including phenoxy) is 3. The lowest BCUT2D eigenvalue weighted by molar-refractivity contribution is 0.174. The molecule has 3 heterocycles. The van der Waals surface area contributed by atoms with Crippen molar-refractivity contribution in [3.63, 3.8) is 0 Å². The number of amides is 2. The van der Waals surface area contributed by atoms with Gasteiger partial charge in [-0.25, -0.2) is 19.7 Å². The molecule has 0 saturated heterocycles. The quantitative estimate of drug-likeness (QED) is 0.358. The van der Waals surface area contributed by atoms with Gasteiger partial charge in [0.05, 0.1) is 11.3 Å². The van der Waals surface area contributed by atoms with Crippen molar-refractivity contribution in [3.8, 4) is 34.4 Å². The van der Waals surface area contributed by atoms with Gasteiger partial charge in [-0.05, 0) is 61.0 Å². The zero-order valence-electron chi connectivity index (χ0n) is 19.0. The smallest absolute Gasteiger partial charge is 0.323 e. The monoisotopic (exact) mass is 470 g/mol. The van der Waals surface area contributed by atoms with E-state index in [0.29, 0.717) is 46.1 Å². The maximum atomic E-state index is 12.5. The number of benzene rings is 2. The minimum absolute atomic E-state index is 0.175. The number of carbonyl (C=O) groups excluding carboxylic acids is 1. The molecule has 4 aromatic rings. The highest BCUT2D eigenvalue weighted by Crippen LogP contribution is 2.35. The Labute approximate surface area is 201 Å². The molecule has 35 heavy (non-hydrogen) atoms. The molecule has 0 radical (unpaired) electrons. The number of pyridine rings is 1. The van der Waals surface area contributed by atoms with E-state index in [9.17, 15) is 4.79 Å². The van der Waals surface area contributed by atoms with Gasteiger partial charge in [0.1, 0.15) is 5.75 Å². The Bertz CT molecular complexity index is 1390. The van der Waals surface area contributed by atoms with E-state index in [1.54, 1.807) is 55.8 Å². The summed E-state index contributed by atoms with van der Waals surface area (Å²) in [5.74, 6) is 2.77. The third-order valence-corrected chi connectivity index (χ3v) is 5.20. The van der Waals surface area contributed by atoms with Crippen LogP contribution >= 0.6 is 0 Å². The molecule has 10 nitrogen and oxygen atoms in total. The number of rotatable bonds is 6. The summed E-state index contributed by atoms with van der Waals surface area (Å²) in [6.07, 6.45) is 3.33. The van der Waals surface area contributed by atoms with E-state index in [4.69, 9.17) is 14.2 Å². The molecule has 2 aromatic heterocycles. The summed E-state index contributed by atoms with van der Waals surface area (Å²) in [5.41, 5.74) is 3.45. The average molecular weight is 470 g/mol. The number of aryl methyl sites for hydroxylation is 1. The van der Waals surface area contributed by atoms with Crippen LogP contribution in [-0.2, 0) is 0 Å². The Morgan fingerprint density at radius 1 is 0.943 bits per heavy atom. The van der Waals surface area contributed by atoms with Gasteiger partial charge in [0, 0.05) is 36.9 Å². The van der Waals surface area contributed by atoms with Crippen LogP contribution < -0.4 is 30.2 Å². The van der Waals surface area contributed by atoms with Crippen LogP contribution in [0.5, 0.6) is 23.1 Å². The van der Waals surface area contributed by atoms with E-state index in [0.717, 1.165) is 11.1 Å². The van der Waals surface area contributed by atoms with Gasteiger partial charge in [0.2, 0.25) is 18.6 Å². The predicted molar refractivity (Wildman–Crippen MR) is 131 cm³/mol. The maximum Gasteiger partial charge on any atom is 0.323 e. The molecule has 176 valence electrons. The summed E-state index contributed by atoms with van der Waals surface area (Å²) in [6.45, 7) is 2.07. The second kappa shape index (κ2) is 9.56. The normalized spacial score (nSPS) is 11.6. The van der Waals surface area contributed by atoms with Gasteiger partial charge in [-0.2, -0.15) is 0 Å². The molecular weight excluding hydrogens is 448 g/mol. The van der Waals surface area contributed by atoms with Crippen molar-refractivity contribution in [2.24, 2.45) is 0 Å². The summed E-state index contributed by atoms with van der Waals surface area (Å²) in [5, 5.41) is 8.54. The molecular formula is C25H22N6O4. The summed E-state index contributed by atoms with van der Waals surface area (Å²) in [7, 11) is 1.76.